The summed E-state index contributed by atoms with van der Waals surface area (Å²) in [6.45, 7) is 5.01. The zero-order valence-corrected chi connectivity index (χ0v) is 37.4. The van der Waals surface area contributed by atoms with E-state index in [1.165, 1.54) is 71.1 Å². The lowest BCUT2D eigenvalue weighted by Crippen LogP contribution is -2.59. The molecule has 0 saturated heterocycles. The van der Waals surface area contributed by atoms with E-state index in [2.05, 4.69) is 229 Å². The lowest BCUT2D eigenvalue weighted by molar-refractivity contribution is 0.794. The Bertz CT molecular complexity index is 3770. The van der Waals surface area contributed by atoms with E-state index < -0.39 is 13.5 Å². The van der Waals surface area contributed by atoms with Crippen LogP contribution in [-0.2, 0) is 5.41 Å². The van der Waals surface area contributed by atoms with Crippen LogP contribution >= 0.6 is 0 Å². The van der Waals surface area contributed by atoms with Gasteiger partial charge in [-0.05, 0) is 85.2 Å². The normalized spacial score (nSPS) is 14.4. The first-order chi connectivity index (χ1) is 32.5. The van der Waals surface area contributed by atoms with E-state index in [-0.39, 0.29) is 0 Å². The molecule has 0 saturated carbocycles. The summed E-state index contributed by atoms with van der Waals surface area (Å²) in [5, 5.41) is 5.19. The first-order valence-corrected chi connectivity index (χ1v) is 25.8. The van der Waals surface area contributed by atoms with Crippen molar-refractivity contribution >= 4 is 57.6 Å². The second-order valence-electron chi connectivity index (χ2n) is 18.3. The molecule has 2 aliphatic carbocycles. The molecule has 3 aliphatic rings. The molecule has 6 heteroatoms. The van der Waals surface area contributed by atoms with Crippen LogP contribution in [0.2, 0.25) is 13.1 Å². The zero-order valence-electron chi connectivity index (χ0n) is 36.4. The summed E-state index contributed by atoms with van der Waals surface area (Å²) in [5.74, 6) is 1.86. The van der Waals surface area contributed by atoms with E-state index in [1.807, 2.05) is 6.07 Å². The highest BCUT2D eigenvalue weighted by atomic mass is 28.3. The Morgan fingerprint density at radius 3 is 1.76 bits per heavy atom. The molecule has 2 aromatic heterocycles. The van der Waals surface area contributed by atoms with Crippen LogP contribution in [0.5, 0.6) is 0 Å². The second kappa shape index (κ2) is 13.7. The fourth-order valence-corrected chi connectivity index (χ4v) is 15.3. The maximum Gasteiger partial charge on any atom is 0.238 e. The molecule has 0 fully saturated rings. The van der Waals surface area contributed by atoms with Gasteiger partial charge in [0.2, 0.25) is 5.95 Å². The largest absolute Gasteiger partial charge is 0.309 e. The first-order valence-electron chi connectivity index (χ1n) is 22.8. The lowest BCUT2D eigenvalue weighted by Gasteiger charge is -2.40. The number of para-hydroxylation sites is 3. The van der Waals surface area contributed by atoms with Gasteiger partial charge in [0.25, 0.3) is 0 Å². The monoisotopic (exact) mass is 859 g/mol. The number of nitrogens with zero attached hydrogens (tertiary/aromatic N) is 5. The van der Waals surface area contributed by atoms with Gasteiger partial charge in [-0.1, -0.05) is 195 Å². The first kappa shape index (κ1) is 37.2. The molecule has 9 aromatic carbocycles. The highest BCUT2D eigenvalue weighted by molar-refractivity contribution is 7.04. The van der Waals surface area contributed by atoms with Gasteiger partial charge in [-0.25, -0.2) is 4.98 Å². The predicted octanol–water partition coefficient (Wildman–Crippen LogP) is 13.3. The highest BCUT2D eigenvalue weighted by Gasteiger charge is 2.52. The molecule has 0 bridgehead atoms. The van der Waals surface area contributed by atoms with Crippen molar-refractivity contribution in [3.8, 4) is 50.7 Å². The minimum absolute atomic E-state index is 0.489. The minimum Gasteiger partial charge on any atom is -0.309 e. The fraction of sp³-hybridized carbons (Fsp3) is 0.0500. The number of fused-ring (bicyclic) bond motifs is 16. The maximum absolute atomic E-state index is 5.67. The van der Waals surface area contributed by atoms with Crippen LogP contribution < -0.4 is 15.3 Å². The molecule has 11 aromatic rings. The Morgan fingerprint density at radius 2 is 1.00 bits per heavy atom. The standard InChI is InChI=1S/C60H41N5Si/c1-66(2)53-35-18-17-34-51(53)65(52-37-36-43-42-26-12-16-33-50(42)64(55(43)56(52)66)39-22-7-4-8-23-39)59-62-57(38-20-5-3-6-21-38)61-58(63-59)45-28-19-32-49-54(45)44-27-11-15-31-48(44)60(49)46-29-13-9-24-40(46)41-25-10-14-30-47(41)60/h3-37H,1-2H3. The fourth-order valence-electron chi connectivity index (χ4n) is 12.0. The third-order valence-electron chi connectivity index (χ3n) is 14.6. The van der Waals surface area contributed by atoms with Gasteiger partial charge in [0.05, 0.1) is 22.1 Å². The van der Waals surface area contributed by atoms with Crippen LogP contribution in [0.25, 0.3) is 72.5 Å². The summed E-state index contributed by atoms with van der Waals surface area (Å²) in [7, 11) is -2.42. The molecule has 0 N–H and O–H groups in total. The Morgan fingerprint density at radius 1 is 0.424 bits per heavy atom. The quantitative estimate of drug-likeness (QED) is 0.165. The molecule has 310 valence electrons. The van der Waals surface area contributed by atoms with Crippen LogP contribution in [0.4, 0.5) is 17.3 Å². The molecule has 1 aliphatic heterocycles. The highest BCUT2D eigenvalue weighted by Crippen LogP contribution is 2.64. The Hall–Kier alpha value is -8.19. The summed E-state index contributed by atoms with van der Waals surface area (Å²) in [5.41, 5.74) is 17.3. The molecule has 66 heavy (non-hydrogen) atoms. The van der Waals surface area contributed by atoms with Crippen molar-refractivity contribution in [2.75, 3.05) is 4.90 Å². The molecular formula is C60H41N5Si. The van der Waals surface area contributed by atoms with E-state index in [9.17, 15) is 0 Å². The van der Waals surface area contributed by atoms with Gasteiger partial charge < -0.3 is 4.57 Å². The smallest absolute Gasteiger partial charge is 0.238 e. The van der Waals surface area contributed by atoms with E-state index in [0.717, 1.165) is 33.8 Å². The molecule has 0 atom stereocenters. The van der Waals surface area contributed by atoms with E-state index in [4.69, 9.17) is 15.0 Å². The summed E-state index contributed by atoms with van der Waals surface area (Å²) in [4.78, 5) is 18.9. The number of hydrogen-bond donors (Lipinski definition) is 0. The van der Waals surface area contributed by atoms with Gasteiger partial charge in [0, 0.05) is 33.3 Å². The van der Waals surface area contributed by atoms with Gasteiger partial charge in [-0.15, -0.1) is 0 Å². The summed E-state index contributed by atoms with van der Waals surface area (Å²) >= 11 is 0. The molecule has 1 spiro atoms. The van der Waals surface area contributed by atoms with Crippen LogP contribution in [-0.4, -0.2) is 27.6 Å². The Balaban J connectivity index is 1.07. The van der Waals surface area contributed by atoms with Gasteiger partial charge in [-0.3, -0.25) is 4.90 Å². The predicted molar refractivity (Wildman–Crippen MR) is 273 cm³/mol. The third-order valence-corrected chi connectivity index (χ3v) is 18.1. The summed E-state index contributed by atoms with van der Waals surface area (Å²) < 4.78 is 2.48. The van der Waals surface area contributed by atoms with Crippen molar-refractivity contribution in [2.45, 2.75) is 18.5 Å². The van der Waals surface area contributed by atoms with Crippen LogP contribution in [0.15, 0.2) is 212 Å². The molecule has 0 amide bonds. The SMILES string of the molecule is C[Si]1(C)c2ccccc2N(c2nc(-c3ccccc3)nc(-c3cccc4c3-c3ccccc3C43c4ccccc4-c4ccccc43)n2)c2ccc3c4ccccc4n(-c4ccccc4)c3c21. The van der Waals surface area contributed by atoms with Crippen molar-refractivity contribution in [1.29, 1.82) is 0 Å². The van der Waals surface area contributed by atoms with Crippen LogP contribution in [0.1, 0.15) is 22.3 Å². The molecule has 0 unspecified atom stereocenters. The van der Waals surface area contributed by atoms with Crippen molar-refractivity contribution in [3.05, 3.63) is 235 Å². The Kier molecular flexibility index (Phi) is 7.70. The van der Waals surface area contributed by atoms with Crippen molar-refractivity contribution < 1.29 is 0 Å². The average molecular weight is 860 g/mol. The van der Waals surface area contributed by atoms with Gasteiger partial charge in [-0.2, -0.15) is 9.97 Å². The van der Waals surface area contributed by atoms with Crippen LogP contribution in [0.3, 0.4) is 0 Å². The number of benzene rings is 9. The number of anilines is 3. The van der Waals surface area contributed by atoms with E-state index in [0.29, 0.717) is 17.6 Å². The third kappa shape index (κ3) is 4.86. The zero-order chi connectivity index (χ0) is 43.7. The Labute approximate surface area is 384 Å². The second-order valence-corrected chi connectivity index (χ2v) is 22.6. The number of rotatable bonds is 4. The molecule has 14 rings (SSSR count). The minimum atomic E-state index is -2.42. The van der Waals surface area contributed by atoms with Crippen LogP contribution in [0, 0.1) is 0 Å². The summed E-state index contributed by atoms with van der Waals surface area (Å²) in [6.07, 6.45) is 0. The topological polar surface area (TPSA) is 46.8 Å². The lowest BCUT2D eigenvalue weighted by atomic mass is 9.70. The molecule has 3 heterocycles. The number of aromatic nitrogens is 4. The maximum atomic E-state index is 5.67. The van der Waals surface area contributed by atoms with Crippen molar-refractivity contribution in [1.82, 2.24) is 19.5 Å². The van der Waals surface area contributed by atoms with Gasteiger partial charge in [0.15, 0.2) is 11.6 Å². The summed E-state index contributed by atoms with van der Waals surface area (Å²) in [6, 6.07) is 77.2. The van der Waals surface area contributed by atoms with Crippen molar-refractivity contribution in [3.63, 3.8) is 0 Å². The molecular weight excluding hydrogens is 819 g/mol. The van der Waals surface area contributed by atoms with E-state index >= 15 is 0 Å². The van der Waals surface area contributed by atoms with Gasteiger partial charge in [0.1, 0.15) is 8.07 Å². The average Bonchev–Trinajstić information content (AvgIpc) is 3.99. The van der Waals surface area contributed by atoms with Gasteiger partial charge >= 0.3 is 0 Å². The van der Waals surface area contributed by atoms with E-state index in [1.54, 1.807) is 0 Å². The number of hydrogen-bond acceptors (Lipinski definition) is 4. The molecule has 5 nitrogen and oxygen atoms in total. The van der Waals surface area contributed by atoms with Crippen molar-refractivity contribution in [2.24, 2.45) is 0 Å². The molecule has 0 radical (unpaired) electrons.